The fraction of sp³-hybridized carbons (Fsp3) is 0.714. The summed E-state index contributed by atoms with van der Waals surface area (Å²) in [6.45, 7) is 1.93. The minimum atomic E-state index is -1.16. The number of alkyl halides is 1. The van der Waals surface area contributed by atoms with Crippen molar-refractivity contribution in [2.45, 2.75) is 18.6 Å². The molecule has 1 saturated carbocycles. The van der Waals surface area contributed by atoms with Crippen molar-refractivity contribution < 1.29 is 9.59 Å². The van der Waals surface area contributed by atoms with Crippen LogP contribution in [0.25, 0.3) is 0 Å². The zero-order chi connectivity index (χ0) is 8.59. The average molecular weight is 170 g/mol. The number of hydrogen-bond donors (Lipinski definition) is 0. The van der Waals surface area contributed by atoms with E-state index in [4.69, 9.17) is 19.4 Å². The predicted molar refractivity (Wildman–Crippen MR) is 42.7 cm³/mol. The summed E-state index contributed by atoms with van der Waals surface area (Å²) >= 11 is 5.25. The topological polar surface area (TPSA) is 34.1 Å². The molecule has 0 heterocycles. The molecular weight excluding hydrogens is 162 g/mol. The van der Waals surface area contributed by atoms with Gasteiger partial charge in [-0.25, -0.2) is 0 Å². The van der Waals surface area contributed by atoms with E-state index in [0.717, 1.165) is 6.42 Å². The molecule has 3 unspecified atom stereocenters. The number of Topliss-reactive ketones (excluding diaryl/α,β-unsaturated/α-hetero) is 2. The van der Waals surface area contributed by atoms with Gasteiger partial charge in [0.2, 0.25) is 11.6 Å². The number of ketones is 2. The van der Waals surface area contributed by atoms with Gasteiger partial charge in [0.1, 0.15) is 7.85 Å². The fourth-order valence-corrected chi connectivity index (χ4v) is 1.11. The van der Waals surface area contributed by atoms with Gasteiger partial charge in [-0.3, -0.25) is 9.59 Å². The zero-order valence-electron chi connectivity index (χ0n) is 6.21. The second kappa shape index (κ2) is 2.98. The molecule has 3 atom stereocenters. The molecule has 0 aromatic carbocycles. The van der Waals surface area contributed by atoms with E-state index in [0.29, 0.717) is 5.92 Å². The van der Waals surface area contributed by atoms with Crippen molar-refractivity contribution in [1.82, 2.24) is 0 Å². The molecule has 58 valence electrons. The van der Waals surface area contributed by atoms with Crippen molar-refractivity contribution in [2.75, 3.05) is 0 Å². The first-order valence-electron chi connectivity index (χ1n) is 3.51. The van der Waals surface area contributed by atoms with Crippen molar-refractivity contribution in [3.8, 4) is 0 Å². The van der Waals surface area contributed by atoms with E-state index in [1.807, 2.05) is 6.92 Å². The lowest BCUT2D eigenvalue weighted by Gasteiger charge is -1.98. The maximum atomic E-state index is 11.0. The van der Waals surface area contributed by atoms with Gasteiger partial charge in [-0.1, -0.05) is 6.92 Å². The van der Waals surface area contributed by atoms with Gasteiger partial charge in [0.05, 0.1) is 5.28 Å². The molecule has 0 aliphatic heterocycles. The normalized spacial score (nSPS) is 31.1. The Kier molecular flexibility index (Phi) is 2.38. The third-order valence-corrected chi connectivity index (χ3v) is 2.14. The summed E-state index contributed by atoms with van der Waals surface area (Å²) in [7, 11) is 5.04. The molecular formula is C7H8BClO2. The van der Waals surface area contributed by atoms with E-state index < -0.39 is 16.8 Å². The molecule has 0 aromatic heterocycles. The molecule has 1 aliphatic carbocycles. The first kappa shape index (κ1) is 8.79. The summed E-state index contributed by atoms with van der Waals surface area (Å²) in [5.74, 6) is -0.824. The van der Waals surface area contributed by atoms with Crippen LogP contribution in [0.2, 0.25) is 0 Å². The van der Waals surface area contributed by atoms with Crippen LogP contribution in [-0.2, 0) is 9.59 Å². The molecule has 1 aliphatic rings. The van der Waals surface area contributed by atoms with Gasteiger partial charge < -0.3 is 0 Å². The van der Waals surface area contributed by atoms with E-state index >= 15 is 0 Å². The maximum absolute atomic E-state index is 11.0. The van der Waals surface area contributed by atoms with Gasteiger partial charge in [-0.05, 0) is 12.3 Å². The second-order valence-corrected chi connectivity index (χ2v) is 3.42. The molecule has 1 fully saturated rings. The van der Waals surface area contributed by atoms with Crippen LogP contribution in [-0.4, -0.2) is 24.7 Å². The van der Waals surface area contributed by atoms with E-state index in [2.05, 4.69) is 0 Å². The van der Waals surface area contributed by atoms with Crippen LogP contribution in [0.15, 0.2) is 0 Å². The molecule has 0 N–H and O–H groups in total. The monoisotopic (exact) mass is 170 g/mol. The molecule has 0 spiro atoms. The number of rotatable bonds is 3. The van der Waals surface area contributed by atoms with E-state index in [-0.39, 0.29) is 5.92 Å². The Morgan fingerprint density at radius 3 is 2.36 bits per heavy atom. The summed E-state index contributed by atoms with van der Waals surface area (Å²) in [6.07, 6.45) is 0.800. The van der Waals surface area contributed by atoms with Crippen LogP contribution in [0.1, 0.15) is 13.3 Å². The summed E-state index contributed by atoms with van der Waals surface area (Å²) < 4.78 is 0. The predicted octanol–water partition coefficient (Wildman–Crippen LogP) is 0.514. The number of carbonyl (C=O) groups excluding carboxylic acids is 2. The molecule has 0 saturated heterocycles. The standard InChI is InChI=1S/C7H8BClO2/c1-3-2-4(3)5(10)6(11)7(8)9/h3-4,7H,2H2,1H3. The molecule has 0 amide bonds. The average Bonchev–Trinajstić information content (AvgIpc) is 2.63. The lowest BCUT2D eigenvalue weighted by atomic mass is 9.95. The number of halogens is 1. The zero-order valence-corrected chi connectivity index (χ0v) is 6.97. The van der Waals surface area contributed by atoms with Crippen LogP contribution in [0.4, 0.5) is 0 Å². The Bertz CT molecular complexity index is 203. The van der Waals surface area contributed by atoms with Gasteiger partial charge >= 0.3 is 0 Å². The Morgan fingerprint density at radius 2 is 2.09 bits per heavy atom. The molecule has 4 heteroatoms. The Labute approximate surface area is 71.7 Å². The van der Waals surface area contributed by atoms with Gasteiger partial charge in [0, 0.05) is 5.92 Å². The molecule has 0 aromatic rings. The quantitative estimate of drug-likeness (QED) is 0.351. The van der Waals surface area contributed by atoms with Crippen LogP contribution < -0.4 is 0 Å². The van der Waals surface area contributed by atoms with Gasteiger partial charge in [0.15, 0.2) is 0 Å². The Hall–Kier alpha value is -0.305. The van der Waals surface area contributed by atoms with Gasteiger partial charge in [-0.2, -0.15) is 0 Å². The summed E-state index contributed by atoms with van der Waals surface area (Å²) in [4.78, 5) is 21.9. The number of hydrogen-bond acceptors (Lipinski definition) is 2. The van der Waals surface area contributed by atoms with E-state index in [1.165, 1.54) is 0 Å². The minimum Gasteiger partial charge on any atom is -0.291 e. The third kappa shape index (κ3) is 1.83. The highest BCUT2D eigenvalue weighted by Crippen LogP contribution is 2.38. The van der Waals surface area contributed by atoms with Crippen molar-refractivity contribution in [1.29, 1.82) is 0 Å². The molecule has 0 bridgehead atoms. The van der Waals surface area contributed by atoms with Crippen molar-refractivity contribution in [2.24, 2.45) is 11.8 Å². The third-order valence-electron chi connectivity index (χ3n) is 1.94. The molecule has 1 rings (SSSR count). The van der Waals surface area contributed by atoms with E-state index in [1.54, 1.807) is 0 Å². The molecule has 2 radical (unpaired) electrons. The van der Waals surface area contributed by atoms with Gasteiger partial charge in [-0.15, -0.1) is 11.6 Å². The number of carbonyl (C=O) groups is 2. The highest BCUT2D eigenvalue weighted by molar-refractivity contribution is 6.61. The Morgan fingerprint density at radius 1 is 1.64 bits per heavy atom. The highest BCUT2D eigenvalue weighted by atomic mass is 35.5. The lowest BCUT2D eigenvalue weighted by molar-refractivity contribution is -0.136. The summed E-state index contributed by atoms with van der Waals surface area (Å²) in [5, 5.41) is -1.16. The Balaban J connectivity index is 2.49. The van der Waals surface area contributed by atoms with E-state index in [9.17, 15) is 9.59 Å². The first-order chi connectivity index (χ1) is 5.04. The van der Waals surface area contributed by atoms with Crippen LogP contribution in [0.5, 0.6) is 0 Å². The van der Waals surface area contributed by atoms with Crippen LogP contribution >= 0.6 is 11.6 Å². The fourth-order valence-electron chi connectivity index (χ4n) is 1.01. The van der Waals surface area contributed by atoms with Crippen molar-refractivity contribution in [3.63, 3.8) is 0 Å². The maximum Gasteiger partial charge on any atom is 0.207 e. The first-order valence-corrected chi connectivity index (χ1v) is 3.95. The minimum absolute atomic E-state index is 0.104. The molecule has 11 heavy (non-hydrogen) atoms. The van der Waals surface area contributed by atoms with Crippen molar-refractivity contribution >= 4 is 31.0 Å². The van der Waals surface area contributed by atoms with Crippen molar-refractivity contribution in [3.05, 3.63) is 0 Å². The smallest absolute Gasteiger partial charge is 0.207 e. The van der Waals surface area contributed by atoms with Gasteiger partial charge in [0.25, 0.3) is 0 Å². The molecule has 2 nitrogen and oxygen atoms in total. The second-order valence-electron chi connectivity index (χ2n) is 2.95. The summed E-state index contributed by atoms with van der Waals surface area (Å²) in [6, 6.07) is 0. The van der Waals surface area contributed by atoms with Crippen LogP contribution in [0.3, 0.4) is 0 Å². The summed E-state index contributed by atoms with van der Waals surface area (Å²) in [5.41, 5.74) is 0. The van der Waals surface area contributed by atoms with Crippen LogP contribution in [0, 0.1) is 11.8 Å². The lowest BCUT2D eigenvalue weighted by Crippen LogP contribution is -2.26. The SMILES string of the molecule is [B]C(Cl)C(=O)C(=O)C1CC1C. The highest BCUT2D eigenvalue weighted by Gasteiger charge is 2.42. The largest absolute Gasteiger partial charge is 0.291 e.